The largest absolute Gasteiger partial charge is 0.410 e. The fraction of sp³-hybridized carbons (Fsp3) is 0.367. The van der Waals surface area contributed by atoms with Gasteiger partial charge in [-0.1, -0.05) is 61.0 Å². The summed E-state index contributed by atoms with van der Waals surface area (Å²) in [5.41, 5.74) is 2.21. The van der Waals surface area contributed by atoms with Gasteiger partial charge in [0.15, 0.2) is 8.32 Å². The molecule has 0 heterocycles. The van der Waals surface area contributed by atoms with Crippen molar-refractivity contribution in [2.45, 2.75) is 64.0 Å². The molecule has 0 aliphatic carbocycles. The van der Waals surface area contributed by atoms with Gasteiger partial charge in [0.2, 0.25) is 5.91 Å². The van der Waals surface area contributed by atoms with Crippen molar-refractivity contribution in [3.05, 3.63) is 97.8 Å². The Morgan fingerprint density at radius 1 is 0.974 bits per heavy atom. The molecule has 0 unspecified atom stereocenters. The molecule has 2 N–H and O–H groups in total. The predicted molar refractivity (Wildman–Crippen MR) is 167 cm³/mol. The normalized spacial score (nSPS) is 14.6. The molecule has 204 valence electrons. The summed E-state index contributed by atoms with van der Waals surface area (Å²) in [6.07, 6.45) is -0.462. The molecule has 0 aromatic heterocycles. The number of carbonyl (C=O) groups excluding carboxylic acids is 1. The Morgan fingerprint density at radius 2 is 1.53 bits per heavy atom. The zero-order valence-electron chi connectivity index (χ0n) is 22.5. The van der Waals surface area contributed by atoms with Gasteiger partial charge in [0.1, 0.15) is 5.82 Å². The molecule has 0 saturated heterocycles. The molecule has 3 rings (SSSR count). The van der Waals surface area contributed by atoms with Gasteiger partial charge >= 0.3 is 0 Å². The Balaban J connectivity index is 1.90. The molecule has 4 nitrogen and oxygen atoms in total. The number of halogens is 3. The number of carbonyl (C=O) groups is 1. The van der Waals surface area contributed by atoms with Crippen molar-refractivity contribution >= 4 is 58.4 Å². The number of amides is 1. The minimum absolute atomic E-state index is 0.0240. The third kappa shape index (κ3) is 8.45. The summed E-state index contributed by atoms with van der Waals surface area (Å²) in [5.74, 6) is -1.28. The summed E-state index contributed by atoms with van der Waals surface area (Å²) in [6.45, 7) is 10.9. The molecule has 1 amide bonds. The van der Waals surface area contributed by atoms with Crippen LogP contribution >= 0.6 is 38.5 Å². The van der Waals surface area contributed by atoms with Crippen LogP contribution in [-0.2, 0) is 9.22 Å². The molecule has 0 aliphatic heterocycles. The van der Waals surface area contributed by atoms with Crippen molar-refractivity contribution in [3.63, 3.8) is 0 Å². The van der Waals surface area contributed by atoms with Gasteiger partial charge in [-0.15, -0.1) is 0 Å². The molecular formula is C30H36BrFINO3Si. The highest BCUT2D eigenvalue weighted by Crippen LogP contribution is 2.42. The fourth-order valence-electron chi connectivity index (χ4n) is 3.93. The van der Waals surface area contributed by atoms with E-state index in [0.29, 0.717) is 24.1 Å². The van der Waals surface area contributed by atoms with Crippen molar-refractivity contribution in [2.24, 2.45) is 5.92 Å². The molecule has 0 aliphatic rings. The van der Waals surface area contributed by atoms with Crippen molar-refractivity contribution in [1.82, 2.24) is 0 Å². The van der Waals surface area contributed by atoms with Crippen molar-refractivity contribution in [2.75, 3.05) is 5.32 Å². The Morgan fingerprint density at radius 3 is 2.08 bits per heavy atom. The number of hydrogen-bond donors (Lipinski definition) is 2. The van der Waals surface area contributed by atoms with Gasteiger partial charge in [-0.05, 0) is 113 Å². The first-order valence-corrected chi connectivity index (χ1v) is 17.5. The summed E-state index contributed by atoms with van der Waals surface area (Å²) in [4.78, 5) is 13.6. The summed E-state index contributed by atoms with van der Waals surface area (Å²) in [7, 11) is -2.19. The second kappa shape index (κ2) is 13.2. The van der Waals surface area contributed by atoms with Crippen LogP contribution in [0.25, 0.3) is 0 Å². The van der Waals surface area contributed by atoms with E-state index in [1.165, 1.54) is 12.1 Å². The maximum Gasteiger partial charge on any atom is 0.230 e. The van der Waals surface area contributed by atoms with Crippen molar-refractivity contribution in [1.29, 1.82) is 0 Å². The van der Waals surface area contributed by atoms with Gasteiger partial charge < -0.3 is 14.8 Å². The third-order valence-electron chi connectivity index (χ3n) is 7.27. The average molecular weight is 713 g/mol. The summed E-state index contributed by atoms with van der Waals surface area (Å²) >= 11 is 5.65. The van der Waals surface area contributed by atoms with Gasteiger partial charge in [0, 0.05) is 13.7 Å². The van der Waals surface area contributed by atoms with E-state index >= 15 is 0 Å². The van der Waals surface area contributed by atoms with Crippen LogP contribution in [0, 0.1) is 15.3 Å². The van der Waals surface area contributed by atoms with Crippen LogP contribution in [0.4, 0.5) is 10.1 Å². The number of hydrogen-bond acceptors (Lipinski definition) is 3. The average Bonchev–Trinajstić information content (AvgIpc) is 2.85. The van der Waals surface area contributed by atoms with E-state index in [1.807, 2.05) is 48.5 Å². The molecule has 3 aromatic carbocycles. The number of benzene rings is 3. The zero-order valence-corrected chi connectivity index (χ0v) is 27.2. The highest BCUT2D eigenvalue weighted by Gasteiger charge is 2.40. The number of nitrogens with one attached hydrogen (secondary N) is 1. The predicted octanol–water partition coefficient (Wildman–Crippen LogP) is 9.02. The quantitative estimate of drug-likeness (QED) is 0.163. The van der Waals surface area contributed by atoms with E-state index < -0.39 is 20.3 Å². The lowest BCUT2D eigenvalue weighted by Gasteiger charge is -2.40. The maximum absolute atomic E-state index is 13.7. The van der Waals surface area contributed by atoms with Gasteiger partial charge in [0.05, 0.1) is 18.1 Å². The topological polar surface area (TPSA) is 58.6 Å². The van der Waals surface area contributed by atoms with Crippen LogP contribution in [0.3, 0.4) is 0 Å². The Labute approximate surface area is 248 Å². The SMILES string of the molecule is CC(C)(C)[Si](C)(C)O[C@@H](CC[C@@H](C(=O)Nc1ccc(I)cc1)[C@@H](O)c1ccc(Br)cc1)c1ccc(F)cc1. The van der Waals surface area contributed by atoms with E-state index in [9.17, 15) is 14.3 Å². The molecule has 8 heteroatoms. The van der Waals surface area contributed by atoms with Crippen LogP contribution < -0.4 is 5.32 Å². The lowest BCUT2D eigenvalue weighted by atomic mass is 9.88. The molecule has 3 aromatic rings. The highest BCUT2D eigenvalue weighted by atomic mass is 127. The second-order valence-electron chi connectivity index (χ2n) is 11.1. The van der Waals surface area contributed by atoms with E-state index in [-0.39, 0.29) is 22.9 Å². The number of aliphatic hydroxyl groups is 1. The third-order valence-corrected chi connectivity index (χ3v) is 13.0. The Kier molecular flexibility index (Phi) is 10.7. The number of aliphatic hydroxyl groups excluding tert-OH is 1. The molecule has 0 bridgehead atoms. The van der Waals surface area contributed by atoms with E-state index in [1.54, 1.807) is 12.1 Å². The molecule has 0 saturated carbocycles. The standard InChI is InChI=1S/C30H36BrFINO3Si/c1-30(2,3)38(4,5)37-27(20-8-12-23(32)13-9-20)19-18-26(28(35)21-6-10-22(31)11-7-21)29(36)34-25-16-14-24(33)15-17-25/h6-17,26-28,35H,18-19H2,1-5H3,(H,34,36)/t26-,27+,28+/m1/s1. The molecular weight excluding hydrogens is 676 g/mol. The summed E-state index contributed by atoms with van der Waals surface area (Å²) in [5, 5.41) is 14.3. The second-order valence-corrected chi connectivity index (χ2v) is 18.0. The van der Waals surface area contributed by atoms with Crippen LogP contribution in [0.5, 0.6) is 0 Å². The van der Waals surface area contributed by atoms with Crippen LogP contribution in [0.1, 0.15) is 56.9 Å². The minimum Gasteiger partial charge on any atom is -0.410 e. The minimum atomic E-state index is -2.19. The Bertz CT molecular complexity index is 1200. The Hall–Kier alpha value is -1.59. The fourth-order valence-corrected chi connectivity index (χ4v) is 5.87. The lowest BCUT2D eigenvalue weighted by molar-refractivity contribution is -0.124. The van der Waals surface area contributed by atoms with E-state index in [2.05, 4.69) is 77.7 Å². The van der Waals surface area contributed by atoms with E-state index in [0.717, 1.165) is 13.6 Å². The van der Waals surface area contributed by atoms with Gasteiger partial charge in [0.25, 0.3) is 0 Å². The first-order chi connectivity index (χ1) is 17.8. The number of anilines is 1. The molecule has 38 heavy (non-hydrogen) atoms. The van der Waals surface area contributed by atoms with Crippen molar-refractivity contribution < 1.29 is 18.7 Å². The molecule has 3 atom stereocenters. The number of rotatable bonds is 10. The monoisotopic (exact) mass is 711 g/mol. The highest BCUT2D eigenvalue weighted by molar-refractivity contribution is 14.1. The summed E-state index contributed by atoms with van der Waals surface area (Å²) in [6, 6.07) is 21.3. The van der Waals surface area contributed by atoms with Crippen LogP contribution in [-0.4, -0.2) is 19.3 Å². The van der Waals surface area contributed by atoms with Crippen LogP contribution in [0.2, 0.25) is 18.1 Å². The zero-order chi connectivity index (χ0) is 28.1. The van der Waals surface area contributed by atoms with Gasteiger partial charge in [-0.2, -0.15) is 0 Å². The first-order valence-electron chi connectivity index (χ1n) is 12.7. The molecule has 0 fully saturated rings. The molecule has 0 radical (unpaired) electrons. The lowest BCUT2D eigenvalue weighted by Crippen LogP contribution is -2.42. The maximum atomic E-state index is 13.7. The van der Waals surface area contributed by atoms with E-state index in [4.69, 9.17) is 4.43 Å². The smallest absolute Gasteiger partial charge is 0.230 e. The molecule has 0 spiro atoms. The summed E-state index contributed by atoms with van der Waals surface area (Å²) < 4.78 is 22.5. The van der Waals surface area contributed by atoms with Crippen LogP contribution in [0.15, 0.2) is 77.3 Å². The van der Waals surface area contributed by atoms with Gasteiger partial charge in [-0.25, -0.2) is 4.39 Å². The van der Waals surface area contributed by atoms with Crippen molar-refractivity contribution in [3.8, 4) is 0 Å². The first kappa shape index (κ1) is 30.9. The van der Waals surface area contributed by atoms with Gasteiger partial charge in [-0.3, -0.25) is 4.79 Å².